The molecule has 1 fully saturated rings. The zero-order chi connectivity index (χ0) is 16.2. The second kappa shape index (κ2) is 7.24. The van der Waals surface area contributed by atoms with Crippen LogP contribution in [0.1, 0.15) is 31.6 Å². The van der Waals surface area contributed by atoms with Crippen molar-refractivity contribution in [3.63, 3.8) is 0 Å². The summed E-state index contributed by atoms with van der Waals surface area (Å²) in [6.45, 7) is 5.34. The van der Waals surface area contributed by atoms with Gasteiger partial charge in [-0.2, -0.15) is 0 Å². The molecule has 0 unspecified atom stereocenters. The molecular weight excluding hydrogens is 298 g/mol. The molecule has 0 atom stereocenters. The molecule has 22 heavy (non-hydrogen) atoms. The quantitative estimate of drug-likeness (QED) is 0.859. The van der Waals surface area contributed by atoms with Crippen molar-refractivity contribution in [3.8, 4) is 0 Å². The summed E-state index contributed by atoms with van der Waals surface area (Å²) in [7, 11) is 0. The lowest BCUT2D eigenvalue weighted by atomic mass is 9.94. The maximum absolute atomic E-state index is 12.2. The summed E-state index contributed by atoms with van der Waals surface area (Å²) in [5.74, 6) is 0.0768. The summed E-state index contributed by atoms with van der Waals surface area (Å²) in [6.07, 6.45) is 2.31. The Hall–Kier alpha value is -1.40. The van der Waals surface area contributed by atoms with E-state index < -0.39 is 5.54 Å². The van der Waals surface area contributed by atoms with Gasteiger partial charge in [0.15, 0.2) is 0 Å². The lowest BCUT2D eigenvalue weighted by Gasteiger charge is -2.35. The number of carbonyl (C=O) groups excluding carboxylic acids is 2. The summed E-state index contributed by atoms with van der Waals surface area (Å²) < 4.78 is 0. The number of hydrogen-bond acceptors (Lipinski definition) is 4. The summed E-state index contributed by atoms with van der Waals surface area (Å²) in [5.41, 5.74) is 5.01. The number of amides is 2. The normalized spacial score (nSPS) is 16.6. The third-order valence-corrected chi connectivity index (χ3v) is 4.89. The minimum Gasteiger partial charge on any atom is -0.355 e. The van der Waals surface area contributed by atoms with E-state index >= 15 is 0 Å². The Labute approximate surface area is 135 Å². The highest BCUT2D eigenvalue weighted by Gasteiger charge is 2.32. The van der Waals surface area contributed by atoms with Crippen LogP contribution in [0.25, 0.3) is 0 Å². The van der Waals surface area contributed by atoms with Crippen LogP contribution in [0.2, 0.25) is 0 Å². The molecule has 122 valence electrons. The van der Waals surface area contributed by atoms with E-state index in [4.69, 9.17) is 5.73 Å². The van der Waals surface area contributed by atoms with Gasteiger partial charge in [0.25, 0.3) is 0 Å². The molecule has 1 aliphatic rings. The smallest absolute Gasteiger partial charge is 0.242 e. The Morgan fingerprint density at radius 3 is 2.64 bits per heavy atom. The van der Waals surface area contributed by atoms with Gasteiger partial charge in [-0.1, -0.05) is 6.07 Å². The van der Waals surface area contributed by atoms with Gasteiger partial charge in [0.05, 0.1) is 5.54 Å². The highest BCUT2D eigenvalue weighted by molar-refractivity contribution is 7.09. The first-order valence-electron chi connectivity index (χ1n) is 7.76. The van der Waals surface area contributed by atoms with E-state index in [1.54, 1.807) is 30.1 Å². The first-order valence-corrected chi connectivity index (χ1v) is 8.64. The third-order valence-electron chi connectivity index (χ3n) is 3.95. The summed E-state index contributed by atoms with van der Waals surface area (Å²) in [5, 5.41) is 5.05. The molecule has 3 N–H and O–H groups in total. The van der Waals surface area contributed by atoms with Crippen LogP contribution in [-0.4, -0.2) is 41.9 Å². The minimum absolute atomic E-state index is 0.00766. The topological polar surface area (TPSA) is 75.4 Å². The van der Waals surface area contributed by atoms with Crippen molar-refractivity contribution in [3.05, 3.63) is 22.4 Å². The number of piperidine rings is 1. The van der Waals surface area contributed by atoms with Crippen LogP contribution in [0.15, 0.2) is 17.5 Å². The van der Waals surface area contributed by atoms with E-state index in [1.165, 1.54) is 4.88 Å². The highest BCUT2D eigenvalue weighted by atomic mass is 32.1. The minimum atomic E-state index is -0.837. The number of carbonyl (C=O) groups is 2. The highest BCUT2D eigenvalue weighted by Crippen LogP contribution is 2.19. The lowest BCUT2D eigenvalue weighted by Crippen LogP contribution is -2.54. The van der Waals surface area contributed by atoms with Crippen molar-refractivity contribution in [2.75, 3.05) is 19.6 Å². The van der Waals surface area contributed by atoms with Gasteiger partial charge in [0, 0.05) is 30.4 Å². The van der Waals surface area contributed by atoms with Gasteiger partial charge in [-0.05, 0) is 44.6 Å². The van der Waals surface area contributed by atoms with Crippen molar-refractivity contribution in [1.29, 1.82) is 0 Å². The van der Waals surface area contributed by atoms with Gasteiger partial charge in [-0.25, -0.2) is 0 Å². The molecule has 2 heterocycles. The number of nitrogens with zero attached hydrogens (tertiary/aromatic N) is 1. The average molecular weight is 323 g/mol. The lowest BCUT2D eigenvalue weighted by molar-refractivity contribution is -0.139. The fourth-order valence-corrected chi connectivity index (χ4v) is 3.37. The van der Waals surface area contributed by atoms with Crippen molar-refractivity contribution < 1.29 is 9.59 Å². The predicted octanol–water partition coefficient (Wildman–Crippen LogP) is 1.38. The van der Waals surface area contributed by atoms with Crippen LogP contribution in [-0.2, 0) is 16.0 Å². The molecule has 6 heteroatoms. The van der Waals surface area contributed by atoms with Gasteiger partial charge in [-0.3, -0.25) is 9.59 Å². The van der Waals surface area contributed by atoms with E-state index in [-0.39, 0.29) is 17.7 Å². The van der Waals surface area contributed by atoms with Gasteiger partial charge >= 0.3 is 0 Å². The molecule has 0 bridgehead atoms. The molecular formula is C16H25N3O2S. The SMILES string of the molecule is CC(C)(N)C(=O)N1CCC(C(=O)NCCc2cccs2)CC1. The number of thiophene rings is 1. The van der Waals surface area contributed by atoms with Crippen LogP contribution in [0.5, 0.6) is 0 Å². The van der Waals surface area contributed by atoms with E-state index in [9.17, 15) is 9.59 Å². The Kier molecular flexibility index (Phi) is 5.58. The van der Waals surface area contributed by atoms with Crippen LogP contribution < -0.4 is 11.1 Å². The third kappa shape index (κ3) is 4.55. The van der Waals surface area contributed by atoms with E-state index in [0.29, 0.717) is 32.5 Å². The Balaban J connectivity index is 1.72. The van der Waals surface area contributed by atoms with Gasteiger partial charge in [0.2, 0.25) is 11.8 Å². The zero-order valence-corrected chi connectivity index (χ0v) is 14.1. The van der Waals surface area contributed by atoms with E-state index in [2.05, 4.69) is 11.4 Å². The van der Waals surface area contributed by atoms with Gasteiger partial charge in [0.1, 0.15) is 0 Å². The maximum atomic E-state index is 12.2. The second-order valence-electron chi connectivity index (χ2n) is 6.41. The summed E-state index contributed by atoms with van der Waals surface area (Å²) >= 11 is 1.71. The van der Waals surface area contributed by atoms with Crippen LogP contribution in [0.3, 0.4) is 0 Å². The van der Waals surface area contributed by atoms with Gasteiger partial charge in [-0.15, -0.1) is 11.3 Å². The summed E-state index contributed by atoms with van der Waals surface area (Å²) in [4.78, 5) is 27.3. The molecule has 0 saturated carbocycles. The molecule has 5 nitrogen and oxygen atoms in total. The first kappa shape index (κ1) is 17.0. The van der Waals surface area contributed by atoms with E-state index in [1.807, 2.05) is 11.4 Å². The Morgan fingerprint density at radius 2 is 2.09 bits per heavy atom. The molecule has 0 aliphatic carbocycles. The predicted molar refractivity (Wildman–Crippen MR) is 88.6 cm³/mol. The number of rotatable bonds is 5. The first-order chi connectivity index (χ1) is 10.4. The Bertz CT molecular complexity index is 500. The number of nitrogens with one attached hydrogen (secondary N) is 1. The molecule has 1 aliphatic heterocycles. The number of likely N-dealkylation sites (tertiary alicyclic amines) is 1. The molecule has 1 saturated heterocycles. The average Bonchev–Trinajstić information content (AvgIpc) is 2.99. The second-order valence-corrected chi connectivity index (χ2v) is 7.44. The molecule has 2 rings (SSSR count). The molecule has 1 aromatic rings. The van der Waals surface area contributed by atoms with Crippen molar-refractivity contribution in [1.82, 2.24) is 10.2 Å². The Morgan fingerprint density at radius 1 is 1.41 bits per heavy atom. The summed E-state index contributed by atoms with van der Waals surface area (Å²) in [6, 6.07) is 4.10. The fourth-order valence-electron chi connectivity index (χ4n) is 2.66. The van der Waals surface area contributed by atoms with Crippen molar-refractivity contribution in [2.24, 2.45) is 11.7 Å². The van der Waals surface area contributed by atoms with E-state index in [0.717, 1.165) is 6.42 Å². The van der Waals surface area contributed by atoms with Crippen molar-refractivity contribution >= 4 is 23.2 Å². The number of hydrogen-bond donors (Lipinski definition) is 2. The maximum Gasteiger partial charge on any atom is 0.242 e. The molecule has 1 aromatic heterocycles. The molecule has 0 radical (unpaired) electrons. The molecule has 0 aromatic carbocycles. The van der Waals surface area contributed by atoms with Gasteiger partial charge < -0.3 is 16.0 Å². The largest absolute Gasteiger partial charge is 0.355 e. The number of nitrogens with two attached hydrogens (primary N) is 1. The standard InChI is InChI=1S/C16H25N3O2S/c1-16(2,17)15(21)19-9-6-12(7-10-19)14(20)18-8-5-13-4-3-11-22-13/h3-4,11-12H,5-10,17H2,1-2H3,(H,18,20). The van der Waals surface area contributed by atoms with Crippen LogP contribution >= 0.6 is 11.3 Å². The van der Waals surface area contributed by atoms with Crippen LogP contribution in [0.4, 0.5) is 0 Å². The fraction of sp³-hybridized carbons (Fsp3) is 0.625. The van der Waals surface area contributed by atoms with Crippen LogP contribution in [0, 0.1) is 5.92 Å². The molecule has 0 spiro atoms. The monoisotopic (exact) mass is 323 g/mol. The molecule has 2 amide bonds. The van der Waals surface area contributed by atoms with Crippen molar-refractivity contribution in [2.45, 2.75) is 38.6 Å². The zero-order valence-electron chi connectivity index (χ0n) is 13.3.